The van der Waals surface area contributed by atoms with Crippen molar-refractivity contribution in [3.8, 4) is 0 Å². The van der Waals surface area contributed by atoms with Crippen LogP contribution < -0.4 is 10.6 Å². The number of rotatable bonds is 5. The summed E-state index contributed by atoms with van der Waals surface area (Å²) in [7, 11) is 0. The summed E-state index contributed by atoms with van der Waals surface area (Å²) < 4.78 is 0.271. The fourth-order valence-corrected chi connectivity index (χ4v) is 2.87. The highest BCUT2D eigenvalue weighted by atomic mass is 32.2. The van der Waals surface area contributed by atoms with Gasteiger partial charge in [-0.1, -0.05) is 13.8 Å². The first-order chi connectivity index (χ1) is 7.02. The van der Waals surface area contributed by atoms with Crippen molar-refractivity contribution in [3.05, 3.63) is 0 Å². The van der Waals surface area contributed by atoms with E-state index in [1.54, 1.807) is 0 Å². The maximum absolute atomic E-state index is 11.5. The zero-order valence-corrected chi connectivity index (χ0v) is 10.7. The maximum Gasteiger partial charge on any atom is 0.234 e. The maximum atomic E-state index is 11.5. The van der Waals surface area contributed by atoms with E-state index >= 15 is 0 Å². The van der Waals surface area contributed by atoms with Crippen LogP contribution in [0.3, 0.4) is 0 Å². The Hall–Kier alpha value is -0.220. The molecule has 1 amide bonds. The number of hydrogen-bond donors (Lipinski definition) is 2. The molecule has 0 aromatic heterocycles. The number of amides is 1. The first-order valence-electron chi connectivity index (χ1n) is 5.66. The van der Waals surface area contributed by atoms with Gasteiger partial charge in [0.15, 0.2) is 0 Å². The van der Waals surface area contributed by atoms with Gasteiger partial charge in [0, 0.05) is 17.3 Å². The molecule has 0 saturated carbocycles. The van der Waals surface area contributed by atoms with Crippen molar-refractivity contribution < 1.29 is 4.79 Å². The summed E-state index contributed by atoms with van der Waals surface area (Å²) in [5.41, 5.74) is 0. The van der Waals surface area contributed by atoms with Gasteiger partial charge >= 0.3 is 0 Å². The lowest BCUT2D eigenvalue weighted by Gasteiger charge is -2.23. The van der Waals surface area contributed by atoms with Crippen LogP contribution in [0.25, 0.3) is 0 Å². The topological polar surface area (TPSA) is 41.1 Å². The Balaban J connectivity index is 2.16. The van der Waals surface area contributed by atoms with E-state index < -0.39 is 0 Å². The molecule has 1 aliphatic heterocycles. The minimum atomic E-state index is 0.109. The average Bonchev–Trinajstić information content (AvgIpc) is 2.60. The Bertz CT molecular complexity index is 213. The molecule has 0 aliphatic carbocycles. The van der Waals surface area contributed by atoms with Gasteiger partial charge in [-0.2, -0.15) is 11.8 Å². The van der Waals surface area contributed by atoms with Gasteiger partial charge in [-0.05, 0) is 25.5 Å². The van der Waals surface area contributed by atoms with Gasteiger partial charge in [-0.15, -0.1) is 0 Å². The second-order valence-electron chi connectivity index (χ2n) is 4.71. The minimum Gasteiger partial charge on any atom is -0.354 e. The van der Waals surface area contributed by atoms with Crippen molar-refractivity contribution >= 4 is 17.7 Å². The predicted molar refractivity (Wildman–Crippen MR) is 66.2 cm³/mol. The Kier molecular flexibility index (Phi) is 4.93. The molecular formula is C11H22N2OS. The molecule has 3 nitrogen and oxygen atoms in total. The van der Waals surface area contributed by atoms with Gasteiger partial charge in [-0.3, -0.25) is 4.79 Å². The van der Waals surface area contributed by atoms with Gasteiger partial charge in [-0.25, -0.2) is 0 Å². The summed E-state index contributed by atoms with van der Waals surface area (Å²) >= 11 is 1.98. The third-order valence-corrected chi connectivity index (χ3v) is 4.17. The van der Waals surface area contributed by atoms with Crippen LogP contribution in [-0.2, 0) is 4.79 Å². The van der Waals surface area contributed by atoms with Crippen LogP contribution in [0.15, 0.2) is 0 Å². The summed E-state index contributed by atoms with van der Waals surface area (Å²) in [5, 5.41) is 6.11. The predicted octanol–water partition coefficient (Wildman–Crippen LogP) is 1.39. The lowest BCUT2D eigenvalue weighted by atomic mass is 10.1. The summed E-state index contributed by atoms with van der Waals surface area (Å²) in [4.78, 5) is 11.5. The quantitative estimate of drug-likeness (QED) is 0.750. The van der Waals surface area contributed by atoms with Crippen LogP contribution in [0.1, 0.15) is 33.6 Å². The highest BCUT2D eigenvalue weighted by Crippen LogP contribution is 2.36. The zero-order chi connectivity index (χ0) is 11.3. The molecule has 1 unspecified atom stereocenters. The molecule has 2 N–H and O–H groups in total. The molecule has 0 aromatic rings. The van der Waals surface area contributed by atoms with Crippen LogP contribution in [-0.4, -0.2) is 35.5 Å². The van der Waals surface area contributed by atoms with Gasteiger partial charge < -0.3 is 10.6 Å². The minimum absolute atomic E-state index is 0.109. The van der Waals surface area contributed by atoms with Crippen molar-refractivity contribution in [1.82, 2.24) is 10.6 Å². The van der Waals surface area contributed by atoms with E-state index in [1.807, 2.05) is 25.6 Å². The number of nitrogens with one attached hydrogen (secondary N) is 2. The molecule has 15 heavy (non-hydrogen) atoms. The van der Waals surface area contributed by atoms with E-state index in [9.17, 15) is 4.79 Å². The molecule has 0 radical (unpaired) electrons. The molecular weight excluding hydrogens is 208 g/mol. The number of hydrogen-bond acceptors (Lipinski definition) is 3. The molecule has 4 heteroatoms. The van der Waals surface area contributed by atoms with E-state index in [0.717, 1.165) is 6.54 Å². The van der Waals surface area contributed by atoms with Gasteiger partial charge in [0.25, 0.3) is 0 Å². The third-order valence-electron chi connectivity index (χ3n) is 2.63. The molecule has 1 fully saturated rings. The Morgan fingerprint density at radius 1 is 1.53 bits per heavy atom. The first kappa shape index (κ1) is 12.8. The monoisotopic (exact) mass is 230 g/mol. The molecule has 1 aliphatic rings. The Labute approximate surface area is 96.8 Å². The normalized spacial score (nSPS) is 25.9. The second kappa shape index (κ2) is 5.75. The van der Waals surface area contributed by atoms with Crippen LogP contribution in [0.4, 0.5) is 0 Å². The van der Waals surface area contributed by atoms with E-state index in [1.165, 1.54) is 18.6 Å². The number of carbonyl (C=O) groups excluding carboxylic acids is 1. The van der Waals surface area contributed by atoms with Crippen LogP contribution >= 0.6 is 11.8 Å². The molecule has 0 bridgehead atoms. The van der Waals surface area contributed by atoms with Gasteiger partial charge in [0.05, 0.1) is 6.54 Å². The molecule has 0 aromatic carbocycles. The van der Waals surface area contributed by atoms with E-state index in [4.69, 9.17) is 0 Å². The third kappa shape index (κ3) is 4.89. The number of thioether (sulfide) groups is 1. The summed E-state index contributed by atoms with van der Waals surface area (Å²) in [6.45, 7) is 7.55. The molecule has 88 valence electrons. The van der Waals surface area contributed by atoms with E-state index in [-0.39, 0.29) is 10.7 Å². The highest BCUT2D eigenvalue weighted by Gasteiger charge is 2.29. The smallest absolute Gasteiger partial charge is 0.234 e. The lowest BCUT2D eigenvalue weighted by Crippen LogP contribution is -2.42. The fourth-order valence-electron chi connectivity index (χ4n) is 1.62. The highest BCUT2D eigenvalue weighted by molar-refractivity contribution is 8.00. The van der Waals surface area contributed by atoms with Crippen molar-refractivity contribution in [2.24, 2.45) is 0 Å². The standard InChI is InChI=1S/C11H22N2OS/c1-9(2)12-7-10(14)13-8-11(3)5-4-6-15-11/h9,12H,4-8H2,1-3H3,(H,13,14). The molecule has 1 saturated heterocycles. The lowest BCUT2D eigenvalue weighted by molar-refractivity contribution is -0.120. The Morgan fingerprint density at radius 2 is 2.27 bits per heavy atom. The molecule has 1 rings (SSSR count). The average molecular weight is 230 g/mol. The fraction of sp³-hybridized carbons (Fsp3) is 0.909. The largest absolute Gasteiger partial charge is 0.354 e. The van der Waals surface area contributed by atoms with Crippen LogP contribution in [0, 0.1) is 0 Å². The summed E-state index contributed by atoms with van der Waals surface area (Å²) in [6, 6.07) is 0.368. The van der Waals surface area contributed by atoms with Crippen molar-refractivity contribution in [2.75, 3.05) is 18.8 Å². The van der Waals surface area contributed by atoms with E-state index in [0.29, 0.717) is 12.6 Å². The first-order valence-corrected chi connectivity index (χ1v) is 6.64. The van der Waals surface area contributed by atoms with Crippen molar-refractivity contribution in [2.45, 2.75) is 44.4 Å². The SMILES string of the molecule is CC(C)NCC(=O)NCC1(C)CCCS1. The second-order valence-corrected chi connectivity index (χ2v) is 6.40. The van der Waals surface area contributed by atoms with Gasteiger partial charge in [0.1, 0.15) is 0 Å². The van der Waals surface area contributed by atoms with E-state index in [2.05, 4.69) is 17.6 Å². The van der Waals surface area contributed by atoms with Crippen molar-refractivity contribution in [3.63, 3.8) is 0 Å². The molecule has 1 heterocycles. The zero-order valence-electron chi connectivity index (χ0n) is 9.93. The summed E-state index contributed by atoms with van der Waals surface area (Å²) in [5.74, 6) is 1.34. The van der Waals surface area contributed by atoms with Crippen LogP contribution in [0.5, 0.6) is 0 Å². The molecule has 0 spiro atoms. The number of carbonyl (C=O) groups is 1. The van der Waals surface area contributed by atoms with Crippen molar-refractivity contribution in [1.29, 1.82) is 0 Å². The Morgan fingerprint density at radius 3 is 2.80 bits per heavy atom. The van der Waals surface area contributed by atoms with Crippen LogP contribution in [0.2, 0.25) is 0 Å². The summed E-state index contributed by atoms with van der Waals surface area (Å²) in [6.07, 6.45) is 2.50. The van der Waals surface area contributed by atoms with Gasteiger partial charge in [0.2, 0.25) is 5.91 Å². The molecule has 1 atom stereocenters.